The van der Waals surface area contributed by atoms with Crippen molar-refractivity contribution in [2.75, 3.05) is 6.54 Å². The van der Waals surface area contributed by atoms with E-state index in [2.05, 4.69) is 15.3 Å². The zero-order valence-corrected chi connectivity index (χ0v) is 13.7. The third-order valence-electron chi connectivity index (χ3n) is 4.43. The zero-order valence-electron chi connectivity index (χ0n) is 13.7. The van der Waals surface area contributed by atoms with Gasteiger partial charge in [0.15, 0.2) is 11.5 Å². The van der Waals surface area contributed by atoms with Crippen molar-refractivity contribution in [3.8, 4) is 11.5 Å². The first kappa shape index (κ1) is 14.7. The van der Waals surface area contributed by atoms with E-state index in [0.29, 0.717) is 17.1 Å². The molecule has 1 saturated heterocycles. The van der Waals surface area contributed by atoms with Gasteiger partial charge in [0.25, 0.3) is 5.91 Å². The summed E-state index contributed by atoms with van der Waals surface area (Å²) in [5.41, 5.74) is 2.19. The van der Waals surface area contributed by atoms with Crippen molar-refractivity contribution in [3.63, 3.8) is 0 Å². The molecule has 1 fully saturated rings. The van der Waals surface area contributed by atoms with E-state index in [1.54, 1.807) is 10.7 Å². The van der Waals surface area contributed by atoms with Crippen LogP contribution >= 0.6 is 0 Å². The van der Waals surface area contributed by atoms with E-state index in [0.717, 1.165) is 30.7 Å². The van der Waals surface area contributed by atoms with Crippen LogP contribution in [0.5, 0.6) is 0 Å². The summed E-state index contributed by atoms with van der Waals surface area (Å²) in [6.07, 6.45) is 5.74. The summed E-state index contributed by atoms with van der Waals surface area (Å²) in [6, 6.07) is 5.57. The molecule has 24 heavy (non-hydrogen) atoms. The lowest BCUT2D eigenvalue weighted by atomic mass is 10.1. The second-order valence-corrected chi connectivity index (χ2v) is 6.18. The molecule has 0 aliphatic carbocycles. The van der Waals surface area contributed by atoms with Gasteiger partial charge in [-0.05, 0) is 31.9 Å². The Morgan fingerprint density at radius 2 is 2.29 bits per heavy atom. The molecule has 0 radical (unpaired) electrons. The number of likely N-dealkylation sites (tertiary alicyclic amines) is 1. The quantitative estimate of drug-likeness (QED) is 0.803. The van der Waals surface area contributed by atoms with Crippen molar-refractivity contribution >= 4 is 5.91 Å². The molecule has 3 aromatic heterocycles. The fourth-order valence-corrected chi connectivity index (χ4v) is 3.25. The highest BCUT2D eigenvalue weighted by molar-refractivity contribution is 5.93. The minimum atomic E-state index is -0.0628. The van der Waals surface area contributed by atoms with Crippen LogP contribution in [0.15, 0.2) is 35.0 Å². The number of amides is 1. The average Bonchev–Trinajstić information content (AvgIpc) is 3.33. The number of H-pyrrole nitrogens is 1. The first-order valence-corrected chi connectivity index (χ1v) is 8.03. The predicted molar refractivity (Wildman–Crippen MR) is 87.2 cm³/mol. The van der Waals surface area contributed by atoms with Crippen molar-refractivity contribution in [2.45, 2.75) is 25.8 Å². The van der Waals surface area contributed by atoms with Crippen molar-refractivity contribution < 1.29 is 9.21 Å². The number of aromatic amines is 1. The summed E-state index contributed by atoms with van der Waals surface area (Å²) in [5.74, 6) is 1.44. The van der Waals surface area contributed by atoms with Gasteiger partial charge in [0.2, 0.25) is 0 Å². The van der Waals surface area contributed by atoms with E-state index in [-0.39, 0.29) is 11.9 Å². The van der Waals surface area contributed by atoms with E-state index in [9.17, 15) is 4.79 Å². The SMILES string of the molecule is Cc1ccc(-c2cc(C(=O)N3CCC[C@@H]3c3cnn(C)c3)n[nH]2)o1. The highest BCUT2D eigenvalue weighted by atomic mass is 16.3. The summed E-state index contributed by atoms with van der Waals surface area (Å²) in [5, 5.41) is 11.3. The molecule has 7 heteroatoms. The number of hydrogen-bond donors (Lipinski definition) is 1. The first-order chi connectivity index (χ1) is 11.6. The summed E-state index contributed by atoms with van der Waals surface area (Å²) in [7, 11) is 1.88. The highest BCUT2D eigenvalue weighted by Crippen LogP contribution is 2.33. The molecule has 0 bridgehead atoms. The molecule has 3 aromatic rings. The minimum absolute atomic E-state index is 0.0628. The van der Waals surface area contributed by atoms with E-state index in [1.807, 2.05) is 43.4 Å². The largest absolute Gasteiger partial charge is 0.460 e. The monoisotopic (exact) mass is 325 g/mol. The Bertz CT molecular complexity index is 875. The summed E-state index contributed by atoms with van der Waals surface area (Å²) >= 11 is 0. The van der Waals surface area contributed by atoms with Gasteiger partial charge in [0, 0.05) is 31.4 Å². The molecule has 0 unspecified atom stereocenters. The van der Waals surface area contributed by atoms with Crippen LogP contribution in [0.3, 0.4) is 0 Å². The molecule has 4 heterocycles. The summed E-state index contributed by atoms with van der Waals surface area (Å²) < 4.78 is 7.34. The van der Waals surface area contributed by atoms with Crippen molar-refractivity contribution in [1.29, 1.82) is 0 Å². The predicted octanol–water partition coefficient (Wildman–Crippen LogP) is 2.69. The van der Waals surface area contributed by atoms with Crippen LogP contribution in [0, 0.1) is 6.92 Å². The van der Waals surface area contributed by atoms with Gasteiger partial charge in [0.05, 0.1) is 12.2 Å². The molecule has 4 rings (SSSR count). The number of nitrogens with one attached hydrogen (secondary N) is 1. The Labute approximate surface area is 139 Å². The van der Waals surface area contributed by atoms with E-state index < -0.39 is 0 Å². The van der Waals surface area contributed by atoms with Crippen LogP contribution in [-0.4, -0.2) is 37.3 Å². The van der Waals surface area contributed by atoms with Crippen LogP contribution in [-0.2, 0) is 7.05 Å². The second kappa shape index (κ2) is 5.67. The summed E-state index contributed by atoms with van der Waals surface area (Å²) in [4.78, 5) is 14.8. The maximum absolute atomic E-state index is 12.9. The number of nitrogens with zero attached hydrogens (tertiary/aromatic N) is 4. The Balaban J connectivity index is 1.58. The minimum Gasteiger partial charge on any atom is -0.460 e. The lowest BCUT2D eigenvalue weighted by Crippen LogP contribution is -2.30. The molecule has 1 atom stereocenters. The number of carbonyl (C=O) groups is 1. The molecular weight excluding hydrogens is 306 g/mol. The van der Waals surface area contributed by atoms with Gasteiger partial charge in [0.1, 0.15) is 11.5 Å². The topological polar surface area (TPSA) is 80.0 Å². The molecule has 0 saturated carbocycles. The van der Waals surface area contributed by atoms with Gasteiger partial charge in [-0.15, -0.1) is 0 Å². The normalized spacial score (nSPS) is 17.6. The second-order valence-electron chi connectivity index (χ2n) is 6.18. The zero-order chi connectivity index (χ0) is 16.7. The first-order valence-electron chi connectivity index (χ1n) is 8.03. The lowest BCUT2D eigenvalue weighted by molar-refractivity contribution is 0.0729. The van der Waals surface area contributed by atoms with Crippen LogP contribution in [0.4, 0.5) is 0 Å². The standard InChI is InChI=1S/C17H19N5O2/c1-11-5-6-16(24-11)13-8-14(20-19-13)17(23)22-7-3-4-15(22)12-9-18-21(2)10-12/h5-6,8-10,15H,3-4,7H2,1-2H3,(H,19,20)/t15-/m1/s1. The fourth-order valence-electron chi connectivity index (χ4n) is 3.25. The molecule has 7 nitrogen and oxygen atoms in total. The van der Waals surface area contributed by atoms with Crippen LogP contribution in [0.1, 0.15) is 40.7 Å². The number of aromatic nitrogens is 4. The summed E-state index contributed by atoms with van der Waals surface area (Å²) in [6.45, 7) is 2.62. The molecule has 1 N–H and O–H groups in total. The molecule has 1 amide bonds. The van der Waals surface area contributed by atoms with Crippen molar-refractivity contribution in [3.05, 3.63) is 47.6 Å². The van der Waals surface area contributed by atoms with Crippen LogP contribution in [0.2, 0.25) is 0 Å². The third kappa shape index (κ3) is 2.51. The smallest absolute Gasteiger partial charge is 0.274 e. The van der Waals surface area contributed by atoms with Gasteiger partial charge in [-0.3, -0.25) is 14.6 Å². The maximum Gasteiger partial charge on any atom is 0.274 e. The van der Waals surface area contributed by atoms with E-state index in [1.165, 1.54) is 0 Å². The number of aryl methyl sites for hydroxylation is 2. The Hall–Kier alpha value is -2.83. The molecule has 1 aliphatic rings. The molecule has 0 spiro atoms. The maximum atomic E-state index is 12.9. The third-order valence-corrected chi connectivity index (χ3v) is 4.43. The van der Waals surface area contributed by atoms with Gasteiger partial charge in [-0.2, -0.15) is 10.2 Å². The van der Waals surface area contributed by atoms with Crippen molar-refractivity contribution in [2.24, 2.45) is 7.05 Å². The highest BCUT2D eigenvalue weighted by Gasteiger charge is 2.32. The number of rotatable bonds is 3. The number of hydrogen-bond acceptors (Lipinski definition) is 4. The molecular formula is C17H19N5O2. The van der Waals surface area contributed by atoms with E-state index >= 15 is 0 Å². The molecule has 124 valence electrons. The molecule has 1 aliphatic heterocycles. The molecule has 0 aromatic carbocycles. The van der Waals surface area contributed by atoms with Gasteiger partial charge in [-0.1, -0.05) is 0 Å². The van der Waals surface area contributed by atoms with Crippen molar-refractivity contribution in [1.82, 2.24) is 24.9 Å². The fraction of sp³-hybridized carbons (Fsp3) is 0.353. The van der Waals surface area contributed by atoms with Gasteiger partial charge < -0.3 is 9.32 Å². The van der Waals surface area contributed by atoms with Crippen LogP contribution in [0.25, 0.3) is 11.5 Å². The Morgan fingerprint density at radius 3 is 3.00 bits per heavy atom. The number of furan rings is 1. The number of carbonyl (C=O) groups excluding carboxylic acids is 1. The average molecular weight is 325 g/mol. The van der Waals surface area contributed by atoms with Crippen LogP contribution < -0.4 is 0 Å². The Kier molecular flexibility index (Phi) is 3.48. The Morgan fingerprint density at radius 1 is 1.42 bits per heavy atom. The van der Waals surface area contributed by atoms with Gasteiger partial charge in [-0.25, -0.2) is 0 Å². The van der Waals surface area contributed by atoms with E-state index in [4.69, 9.17) is 4.42 Å². The van der Waals surface area contributed by atoms with Gasteiger partial charge >= 0.3 is 0 Å². The lowest BCUT2D eigenvalue weighted by Gasteiger charge is -2.22.